The molecular formula is C25H26O13. The summed E-state index contributed by atoms with van der Waals surface area (Å²) in [5.74, 6) is -5.19. The van der Waals surface area contributed by atoms with Crippen LogP contribution in [-0.2, 0) is 19.1 Å². The van der Waals surface area contributed by atoms with Crippen LogP contribution < -0.4 is 9.47 Å². The van der Waals surface area contributed by atoms with Crippen molar-refractivity contribution >= 4 is 24.0 Å². The van der Waals surface area contributed by atoms with Crippen molar-refractivity contribution in [1.29, 1.82) is 0 Å². The van der Waals surface area contributed by atoms with Gasteiger partial charge in [-0.2, -0.15) is 0 Å². The highest BCUT2D eigenvalue weighted by molar-refractivity contribution is 5.91. The molecule has 0 aromatic heterocycles. The van der Waals surface area contributed by atoms with E-state index in [0.29, 0.717) is 5.56 Å². The molecule has 2 aromatic carbocycles. The first kappa shape index (κ1) is 28.1. The number of phenols is 3. The fraction of sp³-hybridized carbons (Fsp3) is 0.320. The lowest BCUT2D eigenvalue weighted by atomic mass is 9.79. The Kier molecular flexibility index (Phi) is 8.33. The Morgan fingerprint density at radius 2 is 1.58 bits per heavy atom. The quantitative estimate of drug-likeness (QED) is 0.158. The molecule has 0 spiro atoms. The van der Waals surface area contributed by atoms with Crippen molar-refractivity contribution in [3.63, 3.8) is 0 Å². The Morgan fingerprint density at radius 3 is 2.13 bits per heavy atom. The van der Waals surface area contributed by atoms with Crippen LogP contribution in [0.2, 0.25) is 0 Å². The zero-order valence-electron chi connectivity index (χ0n) is 20.2. The molecule has 204 valence electrons. The van der Waals surface area contributed by atoms with Crippen LogP contribution in [0.5, 0.6) is 28.7 Å². The van der Waals surface area contributed by atoms with Crippen LogP contribution in [0, 0.1) is 0 Å². The molecule has 2 aromatic rings. The van der Waals surface area contributed by atoms with Crippen LogP contribution in [0.15, 0.2) is 36.4 Å². The number of methoxy groups -OCH3 is 2. The maximum atomic E-state index is 12.9. The largest absolute Gasteiger partial charge is 0.504 e. The molecule has 0 bridgehead atoms. The summed E-state index contributed by atoms with van der Waals surface area (Å²) in [6.45, 7) is 0. The number of hydrogen-bond acceptors (Lipinski definition) is 12. The zero-order valence-corrected chi connectivity index (χ0v) is 20.2. The SMILES string of the molecule is COc1cc(C(=O)O[C@@H]2[C@@H](OC(=O)C=Cc3ccc(O)c(O)c3)C[C@@](O)(C(=O)O)C[C@@H]2O)cc(OC)c1O. The second-order valence-corrected chi connectivity index (χ2v) is 8.47. The molecule has 6 N–H and O–H groups in total. The molecule has 0 unspecified atom stereocenters. The van der Waals surface area contributed by atoms with Gasteiger partial charge >= 0.3 is 17.9 Å². The van der Waals surface area contributed by atoms with Gasteiger partial charge in [-0.3, -0.25) is 0 Å². The summed E-state index contributed by atoms with van der Waals surface area (Å²) in [7, 11) is 2.48. The maximum absolute atomic E-state index is 12.9. The molecule has 0 radical (unpaired) electrons. The van der Waals surface area contributed by atoms with Gasteiger partial charge in [0.25, 0.3) is 0 Å². The second-order valence-electron chi connectivity index (χ2n) is 8.47. The highest BCUT2D eigenvalue weighted by atomic mass is 16.6. The molecule has 1 saturated carbocycles. The first-order valence-electron chi connectivity index (χ1n) is 11.1. The lowest BCUT2D eigenvalue weighted by Crippen LogP contribution is -2.58. The van der Waals surface area contributed by atoms with E-state index in [1.54, 1.807) is 0 Å². The van der Waals surface area contributed by atoms with Gasteiger partial charge in [-0.05, 0) is 35.9 Å². The predicted octanol–water partition coefficient (Wildman–Crippen LogP) is 0.942. The minimum Gasteiger partial charge on any atom is -0.504 e. The number of carboxylic acid groups (broad SMARTS) is 1. The van der Waals surface area contributed by atoms with Gasteiger partial charge in [0, 0.05) is 18.9 Å². The van der Waals surface area contributed by atoms with Gasteiger partial charge in [0.15, 0.2) is 34.7 Å². The number of rotatable bonds is 8. The molecular weight excluding hydrogens is 508 g/mol. The molecule has 0 heterocycles. The van der Waals surface area contributed by atoms with E-state index >= 15 is 0 Å². The van der Waals surface area contributed by atoms with Crippen molar-refractivity contribution in [3.05, 3.63) is 47.5 Å². The van der Waals surface area contributed by atoms with Crippen LogP contribution in [0.3, 0.4) is 0 Å². The van der Waals surface area contributed by atoms with Gasteiger partial charge in [0.05, 0.1) is 25.9 Å². The number of aliphatic hydroxyl groups excluding tert-OH is 1. The predicted molar refractivity (Wildman–Crippen MR) is 127 cm³/mol. The summed E-state index contributed by atoms with van der Waals surface area (Å²) >= 11 is 0. The standard InChI is InChI=1S/C25H26O13/c1-35-17-8-13(9-18(36-2)21(17)30)23(31)38-22-16(28)10-25(34,24(32)33)11-19(22)37-20(29)6-4-12-3-5-14(26)15(27)7-12/h3-9,16,19,22,26-28,30,34H,10-11H2,1-2H3,(H,32,33)/t16-,19-,22-,25+/m0/s1. The van der Waals surface area contributed by atoms with Crippen molar-refractivity contribution in [2.75, 3.05) is 14.2 Å². The molecule has 3 rings (SSSR count). The molecule has 0 saturated heterocycles. The number of phenolic OH excluding ortho intramolecular Hbond substituents is 3. The number of aliphatic hydroxyl groups is 2. The number of ether oxygens (including phenoxy) is 4. The minimum absolute atomic E-state index is 0.117. The summed E-state index contributed by atoms with van der Waals surface area (Å²) < 4.78 is 20.6. The van der Waals surface area contributed by atoms with Crippen molar-refractivity contribution < 1.29 is 64.0 Å². The molecule has 1 aliphatic rings. The number of hydrogen-bond donors (Lipinski definition) is 6. The third-order valence-electron chi connectivity index (χ3n) is 5.87. The number of carboxylic acids is 1. The van der Waals surface area contributed by atoms with Crippen molar-refractivity contribution in [2.45, 2.75) is 36.8 Å². The highest BCUT2D eigenvalue weighted by Crippen LogP contribution is 2.38. The third kappa shape index (κ3) is 6.07. The van der Waals surface area contributed by atoms with Crippen LogP contribution in [-0.4, -0.2) is 86.7 Å². The van der Waals surface area contributed by atoms with Gasteiger partial charge in [0.1, 0.15) is 6.10 Å². The third-order valence-corrected chi connectivity index (χ3v) is 5.87. The normalized spacial score (nSPS) is 23.0. The average molecular weight is 534 g/mol. The van der Waals surface area contributed by atoms with Gasteiger partial charge in [-0.1, -0.05) is 6.07 Å². The Balaban J connectivity index is 1.85. The second kappa shape index (κ2) is 11.3. The first-order valence-corrected chi connectivity index (χ1v) is 11.1. The number of carbonyl (C=O) groups is 3. The van der Waals surface area contributed by atoms with E-state index in [2.05, 4.69) is 0 Å². The van der Waals surface area contributed by atoms with E-state index in [0.717, 1.165) is 24.3 Å². The number of aliphatic carboxylic acids is 1. The van der Waals surface area contributed by atoms with Gasteiger partial charge < -0.3 is 49.6 Å². The lowest BCUT2D eigenvalue weighted by Gasteiger charge is -2.40. The monoisotopic (exact) mass is 534 g/mol. The summed E-state index contributed by atoms with van der Waals surface area (Å²) in [6.07, 6.45) is -4.21. The first-order chi connectivity index (χ1) is 17.9. The fourth-order valence-corrected chi connectivity index (χ4v) is 3.88. The maximum Gasteiger partial charge on any atom is 0.338 e. The Morgan fingerprint density at radius 1 is 0.947 bits per heavy atom. The van der Waals surface area contributed by atoms with Crippen LogP contribution >= 0.6 is 0 Å². The van der Waals surface area contributed by atoms with E-state index in [9.17, 15) is 45.0 Å². The smallest absolute Gasteiger partial charge is 0.338 e. The van der Waals surface area contributed by atoms with Gasteiger partial charge in [-0.25, -0.2) is 14.4 Å². The minimum atomic E-state index is -2.48. The summed E-state index contributed by atoms with van der Waals surface area (Å²) in [6, 6.07) is 6.02. The van der Waals surface area contributed by atoms with Gasteiger partial charge in [0.2, 0.25) is 5.75 Å². The molecule has 38 heavy (non-hydrogen) atoms. The number of carbonyl (C=O) groups excluding carboxylic acids is 2. The Labute approximate surface area is 215 Å². The molecule has 1 fully saturated rings. The molecule has 1 aliphatic carbocycles. The zero-order chi connectivity index (χ0) is 28.2. The van der Waals surface area contributed by atoms with E-state index in [-0.39, 0.29) is 28.6 Å². The van der Waals surface area contributed by atoms with E-state index < -0.39 is 60.4 Å². The van der Waals surface area contributed by atoms with Crippen LogP contribution in [0.25, 0.3) is 6.08 Å². The Bertz CT molecular complexity index is 1230. The van der Waals surface area contributed by atoms with Gasteiger partial charge in [-0.15, -0.1) is 0 Å². The summed E-state index contributed by atoms with van der Waals surface area (Å²) in [5, 5.41) is 59.5. The van der Waals surface area contributed by atoms with E-state index in [1.165, 1.54) is 32.4 Å². The van der Waals surface area contributed by atoms with E-state index in [1.807, 2.05) is 0 Å². The topological polar surface area (TPSA) is 210 Å². The summed E-state index contributed by atoms with van der Waals surface area (Å²) in [5.41, 5.74) is -2.34. The molecule has 13 nitrogen and oxygen atoms in total. The lowest BCUT2D eigenvalue weighted by molar-refractivity contribution is -0.196. The molecule has 0 aliphatic heterocycles. The van der Waals surface area contributed by atoms with Crippen LogP contribution in [0.1, 0.15) is 28.8 Å². The van der Waals surface area contributed by atoms with Crippen molar-refractivity contribution in [1.82, 2.24) is 0 Å². The molecule has 0 amide bonds. The molecule has 13 heteroatoms. The van der Waals surface area contributed by atoms with Crippen molar-refractivity contribution in [2.24, 2.45) is 0 Å². The highest BCUT2D eigenvalue weighted by Gasteiger charge is 2.52. The van der Waals surface area contributed by atoms with Crippen LogP contribution in [0.4, 0.5) is 0 Å². The Hall–Kier alpha value is -4.49. The van der Waals surface area contributed by atoms with Crippen molar-refractivity contribution in [3.8, 4) is 28.7 Å². The number of aromatic hydroxyl groups is 3. The molecule has 4 atom stereocenters. The average Bonchev–Trinajstić information content (AvgIpc) is 2.86. The van der Waals surface area contributed by atoms with E-state index in [4.69, 9.17) is 18.9 Å². The summed E-state index contributed by atoms with van der Waals surface area (Å²) in [4.78, 5) is 37.0. The number of esters is 2. The fourth-order valence-electron chi connectivity index (χ4n) is 3.88. The number of benzene rings is 2.